The monoisotopic (exact) mass is 497 g/mol. The van der Waals surface area contributed by atoms with E-state index in [1.807, 2.05) is 6.92 Å². The number of aromatic hydroxyl groups is 1. The second-order valence-electron chi connectivity index (χ2n) is 8.10. The Morgan fingerprint density at radius 1 is 1.00 bits per heavy atom. The highest BCUT2D eigenvalue weighted by atomic mass is 19.2. The van der Waals surface area contributed by atoms with Crippen LogP contribution in [-0.2, 0) is 12.8 Å². The van der Waals surface area contributed by atoms with Crippen molar-refractivity contribution in [3.8, 4) is 39.8 Å². The van der Waals surface area contributed by atoms with Gasteiger partial charge in [0.15, 0.2) is 11.6 Å². The molecule has 2 aromatic carbocycles. The number of nitrogens with one attached hydrogen (secondary N) is 1. The van der Waals surface area contributed by atoms with Gasteiger partial charge in [0, 0.05) is 5.69 Å². The second-order valence-corrected chi connectivity index (χ2v) is 8.10. The van der Waals surface area contributed by atoms with Crippen LogP contribution in [0.2, 0.25) is 0 Å². The Morgan fingerprint density at radius 2 is 1.72 bits per heavy atom. The zero-order chi connectivity index (χ0) is 25.8. The average molecular weight is 497 g/mol. The number of methoxy groups -OCH3 is 2. The van der Waals surface area contributed by atoms with Crippen molar-refractivity contribution in [1.82, 2.24) is 15.2 Å². The molecule has 0 aliphatic carbocycles. The van der Waals surface area contributed by atoms with E-state index in [0.29, 0.717) is 40.3 Å². The molecule has 0 aliphatic rings. The van der Waals surface area contributed by atoms with Crippen molar-refractivity contribution in [3.05, 3.63) is 75.5 Å². The van der Waals surface area contributed by atoms with Crippen LogP contribution in [0, 0.1) is 11.6 Å². The molecule has 0 spiro atoms. The van der Waals surface area contributed by atoms with Gasteiger partial charge < -0.3 is 24.0 Å². The first-order chi connectivity index (χ1) is 17.4. The SMILES string of the molecule is CCCCc1[nH]c(=O)c(-c2nnc(Cc3ccc(F)c(F)c3)o2)c(O)c1-c1c(OC)cccc1OC. The van der Waals surface area contributed by atoms with Gasteiger partial charge in [0.25, 0.3) is 11.4 Å². The van der Waals surface area contributed by atoms with E-state index in [1.165, 1.54) is 20.3 Å². The molecule has 0 unspecified atom stereocenters. The predicted octanol–water partition coefficient (Wildman–Crippen LogP) is 5.03. The lowest BCUT2D eigenvalue weighted by molar-refractivity contribution is 0.396. The topological polar surface area (TPSA) is 110 Å². The van der Waals surface area contributed by atoms with E-state index in [1.54, 1.807) is 18.2 Å². The molecule has 0 atom stereocenters. The summed E-state index contributed by atoms with van der Waals surface area (Å²) in [5, 5.41) is 19.3. The number of unbranched alkanes of at least 4 members (excludes halogenated alkanes) is 1. The third-order valence-electron chi connectivity index (χ3n) is 5.75. The van der Waals surface area contributed by atoms with E-state index in [4.69, 9.17) is 13.9 Å². The fourth-order valence-corrected chi connectivity index (χ4v) is 3.99. The third kappa shape index (κ3) is 4.79. The van der Waals surface area contributed by atoms with Gasteiger partial charge in [-0.25, -0.2) is 8.78 Å². The molecule has 0 aliphatic heterocycles. The first-order valence-electron chi connectivity index (χ1n) is 11.3. The molecular weight excluding hydrogens is 472 g/mol. The normalized spacial score (nSPS) is 11.0. The summed E-state index contributed by atoms with van der Waals surface area (Å²) in [4.78, 5) is 15.9. The summed E-state index contributed by atoms with van der Waals surface area (Å²) in [6.07, 6.45) is 2.12. The predicted molar refractivity (Wildman–Crippen MR) is 128 cm³/mol. The van der Waals surface area contributed by atoms with Crippen molar-refractivity contribution in [2.45, 2.75) is 32.6 Å². The van der Waals surface area contributed by atoms with Crippen LogP contribution >= 0.6 is 0 Å². The summed E-state index contributed by atoms with van der Waals surface area (Å²) in [5.41, 5.74) is 0.864. The number of benzene rings is 2. The van der Waals surface area contributed by atoms with Crippen LogP contribution in [0.1, 0.15) is 36.9 Å². The fraction of sp³-hybridized carbons (Fsp3) is 0.269. The molecule has 0 saturated carbocycles. The van der Waals surface area contributed by atoms with E-state index < -0.39 is 17.2 Å². The summed E-state index contributed by atoms with van der Waals surface area (Å²) in [6, 6.07) is 8.61. The standard InChI is InChI=1S/C26H25F2N3O5/c1-4-5-7-17-21(22-18(34-2)8-6-9-19(22)35-3)24(32)23(25(33)29-17)26-31-30-20(36-26)13-14-10-11-15(27)16(28)12-14/h6,8-12H,4-5,7,13H2,1-3H3,(H2,29,32,33). The maximum absolute atomic E-state index is 13.6. The molecule has 0 radical (unpaired) electrons. The molecule has 4 rings (SSSR count). The summed E-state index contributed by atoms with van der Waals surface area (Å²) in [6.45, 7) is 2.02. The highest BCUT2D eigenvalue weighted by Crippen LogP contribution is 2.46. The number of ether oxygens (including phenoxy) is 2. The average Bonchev–Trinajstić information content (AvgIpc) is 3.32. The minimum atomic E-state index is -1.00. The number of H-pyrrole nitrogens is 1. The molecule has 36 heavy (non-hydrogen) atoms. The van der Waals surface area contributed by atoms with Gasteiger partial charge in [0.2, 0.25) is 5.89 Å². The number of aryl methyl sites for hydroxylation is 1. The van der Waals surface area contributed by atoms with Crippen LogP contribution in [0.4, 0.5) is 8.78 Å². The van der Waals surface area contributed by atoms with Crippen molar-refractivity contribution in [2.75, 3.05) is 14.2 Å². The zero-order valence-electron chi connectivity index (χ0n) is 20.0. The number of aromatic nitrogens is 3. The van der Waals surface area contributed by atoms with Crippen LogP contribution in [0.3, 0.4) is 0 Å². The molecule has 188 valence electrons. The molecule has 2 heterocycles. The highest BCUT2D eigenvalue weighted by molar-refractivity contribution is 5.86. The van der Waals surface area contributed by atoms with Gasteiger partial charge in [-0.05, 0) is 42.7 Å². The largest absolute Gasteiger partial charge is 0.506 e. The van der Waals surface area contributed by atoms with Gasteiger partial charge in [-0.2, -0.15) is 0 Å². The molecule has 2 aromatic heterocycles. The summed E-state index contributed by atoms with van der Waals surface area (Å²) in [7, 11) is 2.99. The number of pyridine rings is 1. The zero-order valence-corrected chi connectivity index (χ0v) is 20.0. The van der Waals surface area contributed by atoms with Crippen molar-refractivity contribution in [3.63, 3.8) is 0 Å². The molecular formula is C26H25F2N3O5. The van der Waals surface area contributed by atoms with Crippen molar-refractivity contribution in [2.24, 2.45) is 0 Å². The van der Waals surface area contributed by atoms with Gasteiger partial charge >= 0.3 is 0 Å². The lowest BCUT2D eigenvalue weighted by Gasteiger charge is -2.18. The fourth-order valence-electron chi connectivity index (χ4n) is 3.99. The summed E-state index contributed by atoms with van der Waals surface area (Å²) in [5.74, 6) is -1.63. The number of rotatable bonds is 9. The molecule has 4 aromatic rings. The summed E-state index contributed by atoms with van der Waals surface area (Å²) < 4.78 is 43.5. The van der Waals surface area contributed by atoms with Crippen LogP contribution in [-0.4, -0.2) is 34.5 Å². The first-order valence-corrected chi connectivity index (χ1v) is 11.3. The van der Waals surface area contributed by atoms with Gasteiger partial charge in [0.05, 0.1) is 31.8 Å². The van der Waals surface area contributed by atoms with E-state index in [9.17, 15) is 18.7 Å². The van der Waals surface area contributed by atoms with E-state index >= 15 is 0 Å². The second kappa shape index (κ2) is 10.6. The molecule has 0 fully saturated rings. The Balaban J connectivity index is 1.85. The molecule has 8 nitrogen and oxygen atoms in total. The van der Waals surface area contributed by atoms with E-state index in [2.05, 4.69) is 15.2 Å². The third-order valence-corrected chi connectivity index (χ3v) is 5.75. The number of aromatic amines is 1. The Labute approximate surface area is 205 Å². The highest BCUT2D eigenvalue weighted by Gasteiger charge is 2.27. The smallest absolute Gasteiger partial charge is 0.264 e. The van der Waals surface area contributed by atoms with Crippen molar-refractivity contribution < 1.29 is 27.8 Å². The Hall–Kier alpha value is -4.21. The van der Waals surface area contributed by atoms with Crippen LogP contribution in [0.15, 0.2) is 45.6 Å². The summed E-state index contributed by atoms with van der Waals surface area (Å²) >= 11 is 0. The molecule has 0 saturated heterocycles. The lowest BCUT2D eigenvalue weighted by atomic mass is 9.96. The van der Waals surface area contributed by atoms with Crippen molar-refractivity contribution in [1.29, 1.82) is 0 Å². The number of hydrogen-bond acceptors (Lipinski definition) is 7. The first kappa shape index (κ1) is 24.9. The van der Waals surface area contributed by atoms with Crippen LogP contribution in [0.25, 0.3) is 22.6 Å². The van der Waals surface area contributed by atoms with Gasteiger partial charge in [0.1, 0.15) is 22.8 Å². The quantitative estimate of drug-likeness (QED) is 0.334. The minimum absolute atomic E-state index is 0.00460. The van der Waals surface area contributed by atoms with Gasteiger partial charge in [-0.15, -0.1) is 10.2 Å². The molecule has 0 amide bonds. The Morgan fingerprint density at radius 3 is 2.36 bits per heavy atom. The Kier molecular flexibility index (Phi) is 7.33. The maximum Gasteiger partial charge on any atom is 0.264 e. The molecule has 2 N–H and O–H groups in total. The maximum atomic E-state index is 13.6. The van der Waals surface area contributed by atoms with E-state index in [-0.39, 0.29) is 29.5 Å². The number of hydrogen-bond donors (Lipinski definition) is 2. The minimum Gasteiger partial charge on any atom is -0.506 e. The van der Waals surface area contributed by atoms with E-state index in [0.717, 1.165) is 25.0 Å². The Bertz CT molecular complexity index is 1430. The molecule has 0 bridgehead atoms. The number of nitrogens with zero attached hydrogens (tertiary/aromatic N) is 2. The van der Waals surface area contributed by atoms with Crippen molar-refractivity contribution >= 4 is 0 Å². The lowest BCUT2D eigenvalue weighted by Crippen LogP contribution is -2.14. The molecule has 10 heteroatoms. The van der Waals surface area contributed by atoms with Crippen LogP contribution in [0.5, 0.6) is 17.2 Å². The number of halogens is 2. The van der Waals surface area contributed by atoms with Gasteiger partial charge in [-0.1, -0.05) is 25.5 Å². The van der Waals surface area contributed by atoms with Gasteiger partial charge in [-0.3, -0.25) is 4.79 Å². The van der Waals surface area contributed by atoms with Crippen LogP contribution < -0.4 is 15.0 Å².